The highest BCUT2D eigenvalue weighted by Crippen LogP contribution is 2.24. The molecule has 1 aromatic heterocycles. The van der Waals surface area contributed by atoms with Crippen LogP contribution in [-0.2, 0) is 11.4 Å². The SMILES string of the molecule is CC1CC(=O)NN=C1c1ccc2[nH]c(-c3ccc(CO)cc3)nc2c1. The zero-order valence-electron chi connectivity index (χ0n) is 13.8. The van der Waals surface area contributed by atoms with E-state index in [9.17, 15) is 4.79 Å². The van der Waals surface area contributed by atoms with E-state index >= 15 is 0 Å². The molecular formula is C19H18N4O2. The molecule has 0 bridgehead atoms. The molecule has 0 saturated carbocycles. The second-order valence-electron chi connectivity index (χ2n) is 6.31. The lowest BCUT2D eigenvalue weighted by Crippen LogP contribution is -2.31. The molecule has 1 unspecified atom stereocenters. The van der Waals surface area contributed by atoms with Gasteiger partial charge in [0.15, 0.2) is 0 Å². The monoisotopic (exact) mass is 334 g/mol. The molecule has 126 valence electrons. The summed E-state index contributed by atoms with van der Waals surface area (Å²) in [6.45, 7) is 2.03. The number of carbonyl (C=O) groups excluding carboxylic acids is 1. The maximum absolute atomic E-state index is 11.4. The number of hydrogen-bond acceptors (Lipinski definition) is 4. The minimum absolute atomic E-state index is 0.0284. The molecule has 2 aromatic carbocycles. The number of nitrogens with zero attached hydrogens (tertiary/aromatic N) is 2. The van der Waals surface area contributed by atoms with Crippen molar-refractivity contribution in [2.24, 2.45) is 11.0 Å². The highest BCUT2D eigenvalue weighted by Gasteiger charge is 2.22. The van der Waals surface area contributed by atoms with E-state index < -0.39 is 0 Å². The molecular weight excluding hydrogens is 316 g/mol. The predicted octanol–water partition coefficient (Wildman–Crippen LogP) is 2.58. The summed E-state index contributed by atoms with van der Waals surface area (Å²) in [5.41, 5.74) is 8.02. The van der Waals surface area contributed by atoms with E-state index in [1.807, 2.05) is 49.4 Å². The second kappa shape index (κ2) is 6.14. The van der Waals surface area contributed by atoms with Gasteiger partial charge in [-0.1, -0.05) is 37.3 Å². The maximum atomic E-state index is 11.4. The second-order valence-corrected chi connectivity index (χ2v) is 6.31. The summed E-state index contributed by atoms with van der Waals surface area (Å²) < 4.78 is 0. The third kappa shape index (κ3) is 2.92. The van der Waals surface area contributed by atoms with Crippen LogP contribution in [0.1, 0.15) is 24.5 Å². The number of aromatic nitrogens is 2. The molecule has 0 fully saturated rings. The molecule has 1 aliphatic rings. The Hall–Kier alpha value is -2.99. The summed E-state index contributed by atoms with van der Waals surface area (Å²) in [4.78, 5) is 19.4. The number of amides is 1. The number of H-pyrrole nitrogens is 1. The van der Waals surface area contributed by atoms with Gasteiger partial charge in [0.25, 0.3) is 0 Å². The molecule has 0 aliphatic carbocycles. The van der Waals surface area contributed by atoms with Gasteiger partial charge in [0.05, 0.1) is 23.4 Å². The number of carbonyl (C=O) groups is 1. The quantitative estimate of drug-likeness (QED) is 0.687. The zero-order chi connectivity index (χ0) is 17.4. The number of nitrogens with one attached hydrogen (secondary N) is 2. The Balaban J connectivity index is 1.70. The van der Waals surface area contributed by atoms with E-state index in [0.29, 0.717) is 6.42 Å². The lowest BCUT2D eigenvalue weighted by atomic mass is 9.94. The number of aromatic amines is 1. The average Bonchev–Trinajstić information content (AvgIpc) is 3.05. The third-order valence-corrected chi connectivity index (χ3v) is 4.45. The van der Waals surface area contributed by atoms with Crippen molar-refractivity contribution in [2.45, 2.75) is 20.0 Å². The molecule has 1 aliphatic heterocycles. The fourth-order valence-corrected chi connectivity index (χ4v) is 3.07. The van der Waals surface area contributed by atoms with E-state index in [-0.39, 0.29) is 18.4 Å². The van der Waals surface area contributed by atoms with Crippen LogP contribution in [0.5, 0.6) is 0 Å². The number of rotatable bonds is 3. The summed E-state index contributed by atoms with van der Waals surface area (Å²) in [5, 5.41) is 13.4. The lowest BCUT2D eigenvalue weighted by molar-refractivity contribution is -0.121. The van der Waals surface area contributed by atoms with Crippen LogP contribution >= 0.6 is 0 Å². The minimum Gasteiger partial charge on any atom is -0.392 e. The van der Waals surface area contributed by atoms with Gasteiger partial charge in [-0.15, -0.1) is 0 Å². The molecule has 3 N–H and O–H groups in total. The Kier molecular flexibility index (Phi) is 3.82. The number of imidazole rings is 1. The minimum atomic E-state index is -0.0503. The molecule has 0 saturated heterocycles. The van der Waals surface area contributed by atoms with Crippen molar-refractivity contribution in [2.75, 3.05) is 0 Å². The average molecular weight is 334 g/mol. The van der Waals surface area contributed by atoms with Gasteiger partial charge < -0.3 is 10.1 Å². The Labute approximate surface area is 144 Å². The number of hydrazone groups is 1. The first kappa shape index (κ1) is 15.5. The largest absolute Gasteiger partial charge is 0.392 e. The molecule has 0 radical (unpaired) electrons. The van der Waals surface area contributed by atoms with Crippen molar-refractivity contribution < 1.29 is 9.90 Å². The first-order valence-electron chi connectivity index (χ1n) is 8.21. The highest BCUT2D eigenvalue weighted by atomic mass is 16.3. The van der Waals surface area contributed by atoms with Gasteiger partial charge in [-0.05, 0) is 17.7 Å². The molecule has 4 rings (SSSR count). The van der Waals surface area contributed by atoms with Crippen molar-refractivity contribution in [3.8, 4) is 11.4 Å². The van der Waals surface area contributed by atoms with Gasteiger partial charge in [0, 0.05) is 23.5 Å². The summed E-state index contributed by atoms with van der Waals surface area (Å²) in [5.74, 6) is 0.810. The number of hydrogen-bond donors (Lipinski definition) is 3. The van der Waals surface area contributed by atoms with Crippen LogP contribution in [0.3, 0.4) is 0 Å². The van der Waals surface area contributed by atoms with E-state index in [4.69, 9.17) is 5.11 Å². The van der Waals surface area contributed by atoms with Crippen molar-refractivity contribution >= 4 is 22.7 Å². The van der Waals surface area contributed by atoms with E-state index in [0.717, 1.165) is 39.3 Å². The predicted molar refractivity (Wildman–Crippen MR) is 95.9 cm³/mol. The van der Waals surface area contributed by atoms with E-state index in [1.54, 1.807) is 0 Å². The summed E-state index contributed by atoms with van der Waals surface area (Å²) >= 11 is 0. The Morgan fingerprint density at radius 3 is 2.64 bits per heavy atom. The van der Waals surface area contributed by atoms with E-state index in [2.05, 4.69) is 20.5 Å². The fourth-order valence-electron chi connectivity index (χ4n) is 3.07. The van der Waals surface area contributed by atoms with Gasteiger partial charge in [-0.3, -0.25) is 4.79 Å². The Morgan fingerprint density at radius 1 is 1.16 bits per heavy atom. The van der Waals surface area contributed by atoms with Crippen LogP contribution in [0.4, 0.5) is 0 Å². The molecule has 1 atom stereocenters. The van der Waals surface area contributed by atoms with Gasteiger partial charge in [-0.25, -0.2) is 10.4 Å². The summed E-state index contributed by atoms with van der Waals surface area (Å²) in [6, 6.07) is 13.6. The number of fused-ring (bicyclic) bond motifs is 1. The maximum Gasteiger partial charge on any atom is 0.240 e. The number of benzene rings is 2. The summed E-state index contributed by atoms with van der Waals surface area (Å²) in [6.07, 6.45) is 0.444. The van der Waals surface area contributed by atoms with Crippen LogP contribution in [-0.4, -0.2) is 26.7 Å². The van der Waals surface area contributed by atoms with Crippen molar-refractivity contribution in [1.82, 2.24) is 15.4 Å². The fraction of sp³-hybridized carbons (Fsp3) is 0.211. The lowest BCUT2D eigenvalue weighted by Gasteiger charge is -2.18. The van der Waals surface area contributed by atoms with Gasteiger partial charge in [0.1, 0.15) is 5.82 Å². The smallest absolute Gasteiger partial charge is 0.240 e. The molecule has 3 aromatic rings. The molecule has 2 heterocycles. The number of aliphatic hydroxyl groups is 1. The van der Waals surface area contributed by atoms with Crippen molar-refractivity contribution in [3.05, 3.63) is 53.6 Å². The molecule has 6 heteroatoms. The van der Waals surface area contributed by atoms with Gasteiger partial charge >= 0.3 is 0 Å². The Morgan fingerprint density at radius 2 is 1.92 bits per heavy atom. The molecule has 1 amide bonds. The summed E-state index contributed by atoms with van der Waals surface area (Å²) in [7, 11) is 0. The highest BCUT2D eigenvalue weighted by molar-refractivity contribution is 6.07. The molecule has 6 nitrogen and oxygen atoms in total. The third-order valence-electron chi connectivity index (χ3n) is 4.45. The first-order chi connectivity index (χ1) is 12.1. The number of aliphatic hydroxyl groups excluding tert-OH is 1. The van der Waals surface area contributed by atoms with Gasteiger partial charge in [0.2, 0.25) is 5.91 Å². The Bertz CT molecular complexity index is 973. The van der Waals surface area contributed by atoms with Gasteiger partial charge in [-0.2, -0.15) is 5.10 Å². The van der Waals surface area contributed by atoms with Crippen LogP contribution in [0.25, 0.3) is 22.4 Å². The van der Waals surface area contributed by atoms with Crippen molar-refractivity contribution in [1.29, 1.82) is 0 Å². The van der Waals surface area contributed by atoms with Crippen LogP contribution in [0.15, 0.2) is 47.6 Å². The van der Waals surface area contributed by atoms with Crippen LogP contribution < -0.4 is 5.43 Å². The normalized spacial score (nSPS) is 17.4. The molecule has 25 heavy (non-hydrogen) atoms. The topological polar surface area (TPSA) is 90.4 Å². The zero-order valence-corrected chi connectivity index (χ0v) is 13.8. The standard InChI is InChI=1S/C19H18N4O2/c1-11-8-17(25)22-23-18(11)14-6-7-15-16(9-14)21-19(20-15)13-4-2-12(10-24)3-5-13/h2-7,9,11,24H,8,10H2,1H3,(H,20,21)(H,22,25). The molecule has 0 spiro atoms. The first-order valence-corrected chi connectivity index (χ1v) is 8.21. The van der Waals surface area contributed by atoms with Crippen molar-refractivity contribution in [3.63, 3.8) is 0 Å². The van der Waals surface area contributed by atoms with E-state index in [1.165, 1.54) is 0 Å². The van der Waals surface area contributed by atoms with Crippen LogP contribution in [0.2, 0.25) is 0 Å². The van der Waals surface area contributed by atoms with Crippen LogP contribution in [0, 0.1) is 5.92 Å².